The van der Waals surface area contributed by atoms with E-state index in [1.807, 2.05) is 41.8 Å². The zero-order valence-corrected chi connectivity index (χ0v) is 23.9. The topological polar surface area (TPSA) is 97.8 Å². The van der Waals surface area contributed by atoms with Crippen LogP contribution in [-0.2, 0) is 6.54 Å². The van der Waals surface area contributed by atoms with Gasteiger partial charge in [-0.2, -0.15) is 0 Å². The fourth-order valence-electron chi connectivity index (χ4n) is 4.13. The number of carboxylic acid groups (broad SMARTS) is 1. The van der Waals surface area contributed by atoms with Gasteiger partial charge >= 0.3 is 6.16 Å². The van der Waals surface area contributed by atoms with E-state index in [4.69, 9.17) is 32.7 Å². The van der Waals surface area contributed by atoms with Gasteiger partial charge in [0.05, 0.1) is 22.8 Å². The number of nitrogens with zero attached hydrogens (tertiary/aromatic N) is 1. The molecule has 5 aromatic rings. The van der Waals surface area contributed by atoms with Crippen molar-refractivity contribution in [2.45, 2.75) is 6.54 Å². The molecule has 0 aliphatic carbocycles. The normalized spacial score (nSPS) is 10.7. The number of thiazole rings is 1. The van der Waals surface area contributed by atoms with Crippen LogP contribution in [0.2, 0.25) is 10.0 Å². The predicted molar refractivity (Wildman–Crippen MR) is 161 cm³/mol. The van der Waals surface area contributed by atoms with E-state index in [1.165, 1.54) is 11.3 Å². The van der Waals surface area contributed by atoms with Crippen LogP contribution in [0.15, 0.2) is 90.3 Å². The van der Waals surface area contributed by atoms with Crippen molar-refractivity contribution in [3.63, 3.8) is 0 Å². The standard InChI is InChI=1S/C31H22Cl2N2O5S/c1-39-23-4-2-3-18(13-23)16-34-29(36)20-7-5-19(6-8-20)24-11-9-22(15-28(24)40-31(37)38)30-35-27(17-41-30)21-10-12-25(32)26(33)14-21/h2-15,17H,16H2,1H3,(H,34,36)(H,37,38). The summed E-state index contributed by atoms with van der Waals surface area (Å²) in [5.41, 5.74) is 4.84. The third kappa shape index (κ3) is 6.69. The van der Waals surface area contributed by atoms with E-state index in [1.54, 1.807) is 55.6 Å². The van der Waals surface area contributed by atoms with Crippen LogP contribution in [0.4, 0.5) is 4.79 Å². The zero-order valence-electron chi connectivity index (χ0n) is 21.6. The Kier molecular flexibility index (Phi) is 8.54. The molecule has 7 nitrogen and oxygen atoms in total. The quantitative estimate of drug-likeness (QED) is 0.136. The number of carbonyl (C=O) groups is 2. The number of ether oxygens (including phenoxy) is 2. The predicted octanol–water partition coefficient (Wildman–Crippen LogP) is 8.45. The van der Waals surface area contributed by atoms with Gasteiger partial charge < -0.3 is 19.9 Å². The van der Waals surface area contributed by atoms with Crippen LogP contribution in [0.3, 0.4) is 0 Å². The van der Waals surface area contributed by atoms with Gasteiger partial charge in [0, 0.05) is 34.2 Å². The van der Waals surface area contributed by atoms with Crippen LogP contribution in [0.25, 0.3) is 33.0 Å². The van der Waals surface area contributed by atoms with Gasteiger partial charge in [0.15, 0.2) is 0 Å². The fourth-order valence-corrected chi connectivity index (χ4v) is 5.26. The van der Waals surface area contributed by atoms with E-state index in [2.05, 4.69) is 10.3 Å². The second-order valence-corrected chi connectivity index (χ2v) is 10.5. The fraction of sp³-hybridized carbons (Fsp3) is 0.0645. The van der Waals surface area contributed by atoms with Gasteiger partial charge in [-0.3, -0.25) is 4.79 Å². The zero-order chi connectivity index (χ0) is 28.9. The number of hydrogen-bond donors (Lipinski definition) is 2. The Morgan fingerprint density at radius 1 is 0.902 bits per heavy atom. The molecular weight excluding hydrogens is 583 g/mol. The highest BCUT2D eigenvalue weighted by molar-refractivity contribution is 7.13. The monoisotopic (exact) mass is 604 g/mol. The van der Waals surface area contributed by atoms with E-state index in [9.17, 15) is 14.7 Å². The number of nitrogens with one attached hydrogen (secondary N) is 1. The molecule has 0 aliphatic heterocycles. The van der Waals surface area contributed by atoms with Crippen LogP contribution in [-0.4, -0.2) is 29.3 Å². The maximum atomic E-state index is 12.7. The van der Waals surface area contributed by atoms with E-state index in [-0.39, 0.29) is 11.7 Å². The van der Waals surface area contributed by atoms with Crippen molar-refractivity contribution in [3.05, 3.63) is 111 Å². The molecule has 1 aromatic heterocycles. The van der Waals surface area contributed by atoms with Crippen LogP contribution < -0.4 is 14.8 Å². The van der Waals surface area contributed by atoms with Gasteiger partial charge in [-0.15, -0.1) is 11.3 Å². The number of aromatic nitrogens is 1. The highest BCUT2D eigenvalue weighted by atomic mass is 35.5. The smallest absolute Gasteiger partial charge is 0.497 e. The molecule has 0 aliphatic rings. The van der Waals surface area contributed by atoms with Gasteiger partial charge in [0.2, 0.25) is 0 Å². The lowest BCUT2D eigenvalue weighted by Gasteiger charge is -2.11. The molecular formula is C31H22Cl2N2O5S. The molecule has 0 fully saturated rings. The first kappa shape index (κ1) is 28.2. The molecule has 0 unspecified atom stereocenters. The second-order valence-electron chi connectivity index (χ2n) is 8.86. The van der Waals surface area contributed by atoms with Crippen molar-refractivity contribution in [2.24, 2.45) is 0 Å². The number of rotatable bonds is 8. The van der Waals surface area contributed by atoms with Crippen molar-refractivity contribution in [2.75, 3.05) is 7.11 Å². The second kappa shape index (κ2) is 12.4. The van der Waals surface area contributed by atoms with Gasteiger partial charge in [-0.1, -0.05) is 59.6 Å². The summed E-state index contributed by atoms with van der Waals surface area (Å²) in [7, 11) is 1.59. The number of benzene rings is 4. The summed E-state index contributed by atoms with van der Waals surface area (Å²) in [6.07, 6.45) is -1.44. The summed E-state index contributed by atoms with van der Waals surface area (Å²) < 4.78 is 10.4. The Morgan fingerprint density at radius 3 is 2.39 bits per heavy atom. The van der Waals surface area contributed by atoms with Gasteiger partial charge in [0.1, 0.15) is 16.5 Å². The van der Waals surface area contributed by atoms with Crippen molar-refractivity contribution >= 4 is 46.6 Å². The highest BCUT2D eigenvalue weighted by Crippen LogP contribution is 2.37. The molecule has 10 heteroatoms. The van der Waals surface area contributed by atoms with Crippen LogP contribution >= 0.6 is 34.5 Å². The van der Waals surface area contributed by atoms with Gasteiger partial charge in [-0.25, -0.2) is 9.78 Å². The molecule has 2 N–H and O–H groups in total. The lowest BCUT2D eigenvalue weighted by atomic mass is 10.0. The van der Waals surface area contributed by atoms with E-state index in [0.717, 1.165) is 11.1 Å². The summed E-state index contributed by atoms with van der Waals surface area (Å²) in [5, 5.41) is 15.7. The Balaban J connectivity index is 1.35. The maximum Gasteiger partial charge on any atom is 0.511 e. The first-order chi connectivity index (χ1) is 19.8. The summed E-state index contributed by atoms with van der Waals surface area (Å²) >= 11 is 13.6. The SMILES string of the molecule is COc1cccc(CNC(=O)c2ccc(-c3ccc(-c4nc(-c5ccc(Cl)c(Cl)c5)cs4)cc3OC(=O)O)cc2)c1. The molecule has 0 saturated heterocycles. The lowest BCUT2D eigenvalue weighted by molar-refractivity contribution is 0.0950. The van der Waals surface area contributed by atoms with Crippen LogP contribution in [0, 0.1) is 0 Å². The Morgan fingerprint density at radius 2 is 1.66 bits per heavy atom. The van der Waals surface area contributed by atoms with Gasteiger partial charge in [0.25, 0.3) is 5.91 Å². The minimum Gasteiger partial charge on any atom is -0.497 e. The number of halogens is 2. The molecule has 0 bridgehead atoms. The molecule has 5 rings (SSSR count). The van der Waals surface area contributed by atoms with Gasteiger partial charge in [-0.05, 0) is 59.7 Å². The number of methoxy groups -OCH3 is 1. The number of carbonyl (C=O) groups excluding carboxylic acids is 1. The Hall–Kier alpha value is -4.37. The Bertz CT molecular complexity index is 1740. The summed E-state index contributed by atoms with van der Waals surface area (Å²) in [5.74, 6) is 0.628. The van der Waals surface area contributed by atoms with Crippen LogP contribution in [0.1, 0.15) is 15.9 Å². The van der Waals surface area contributed by atoms with Crippen molar-refractivity contribution in [1.82, 2.24) is 10.3 Å². The average molecular weight is 605 g/mol. The van der Waals surface area contributed by atoms with Crippen molar-refractivity contribution < 1.29 is 24.2 Å². The molecule has 0 radical (unpaired) electrons. The largest absolute Gasteiger partial charge is 0.511 e. The first-order valence-electron chi connectivity index (χ1n) is 12.3. The van der Waals surface area contributed by atoms with Crippen molar-refractivity contribution in [1.29, 1.82) is 0 Å². The molecule has 0 saturated carbocycles. The van der Waals surface area contributed by atoms with Crippen molar-refractivity contribution in [3.8, 4) is 44.5 Å². The van der Waals surface area contributed by atoms with E-state index in [0.29, 0.717) is 55.3 Å². The third-order valence-corrected chi connectivity index (χ3v) is 7.82. The minimum atomic E-state index is -1.44. The third-order valence-electron chi connectivity index (χ3n) is 6.19. The molecule has 4 aromatic carbocycles. The molecule has 206 valence electrons. The lowest BCUT2D eigenvalue weighted by Crippen LogP contribution is -2.22. The average Bonchev–Trinajstić information content (AvgIpc) is 3.48. The minimum absolute atomic E-state index is 0.150. The molecule has 0 atom stereocenters. The highest BCUT2D eigenvalue weighted by Gasteiger charge is 2.16. The molecule has 41 heavy (non-hydrogen) atoms. The summed E-state index contributed by atoms with van der Waals surface area (Å²) in [6.45, 7) is 0.347. The molecule has 1 amide bonds. The van der Waals surface area contributed by atoms with E-state index < -0.39 is 6.16 Å². The van der Waals surface area contributed by atoms with Crippen LogP contribution in [0.5, 0.6) is 11.5 Å². The first-order valence-corrected chi connectivity index (χ1v) is 13.9. The molecule has 1 heterocycles. The van der Waals surface area contributed by atoms with E-state index >= 15 is 0 Å². The number of hydrogen-bond acceptors (Lipinski definition) is 6. The number of amides is 1. The maximum absolute atomic E-state index is 12.7. The molecule has 0 spiro atoms. The summed E-state index contributed by atoms with van der Waals surface area (Å²) in [6, 6.07) is 24.8. The Labute approximate surface area is 249 Å². The summed E-state index contributed by atoms with van der Waals surface area (Å²) in [4.78, 5) is 28.9.